The van der Waals surface area contributed by atoms with Crippen molar-refractivity contribution >= 4 is 33.4 Å². The Morgan fingerprint density at radius 1 is 1.16 bits per heavy atom. The Balaban J connectivity index is 1.95. The SMILES string of the molecule is O=c1[nH]n(CCn2cncn2)c(=O)c2c(=O)c3ccc(Cl)cc3[nH]c12. The van der Waals surface area contributed by atoms with Gasteiger partial charge in [0.2, 0.25) is 5.43 Å². The number of hydrogen-bond donors (Lipinski definition) is 2. The summed E-state index contributed by atoms with van der Waals surface area (Å²) in [4.78, 5) is 44.3. The smallest absolute Gasteiger partial charge is 0.287 e. The Bertz CT molecular complexity index is 1270. The van der Waals surface area contributed by atoms with Crippen LogP contribution in [-0.2, 0) is 13.1 Å². The van der Waals surface area contributed by atoms with Gasteiger partial charge >= 0.3 is 0 Å². The van der Waals surface area contributed by atoms with Crippen LogP contribution in [0.4, 0.5) is 0 Å². The quantitative estimate of drug-likeness (QED) is 0.516. The van der Waals surface area contributed by atoms with Gasteiger partial charge in [0.25, 0.3) is 11.1 Å². The largest absolute Gasteiger partial charge is 0.350 e. The van der Waals surface area contributed by atoms with Gasteiger partial charge in [-0.1, -0.05) is 11.6 Å². The molecule has 3 aromatic heterocycles. The predicted molar refractivity (Wildman–Crippen MR) is 92.0 cm³/mol. The van der Waals surface area contributed by atoms with Crippen LogP contribution in [0.3, 0.4) is 0 Å². The zero-order valence-corrected chi connectivity index (χ0v) is 13.4. The van der Waals surface area contributed by atoms with Crippen LogP contribution in [0.1, 0.15) is 0 Å². The van der Waals surface area contributed by atoms with Crippen molar-refractivity contribution in [2.75, 3.05) is 0 Å². The van der Waals surface area contributed by atoms with Crippen LogP contribution in [-0.4, -0.2) is 29.5 Å². The normalized spacial score (nSPS) is 11.4. The highest BCUT2D eigenvalue weighted by Crippen LogP contribution is 2.16. The lowest BCUT2D eigenvalue weighted by Gasteiger charge is -2.08. The maximum atomic E-state index is 12.7. The number of benzene rings is 1. The molecule has 0 saturated carbocycles. The molecule has 0 amide bonds. The molecule has 0 aliphatic heterocycles. The van der Waals surface area contributed by atoms with Crippen molar-refractivity contribution in [2.24, 2.45) is 0 Å². The van der Waals surface area contributed by atoms with E-state index >= 15 is 0 Å². The maximum absolute atomic E-state index is 12.7. The molecule has 0 aliphatic rings. The minimum absolute atomic E-state index is 0.0678. The van der Waals surface area contributed by atoms with Crippen molar-refractivity contribution in [3.63, 3.8) is 0 Å². The first-order valence-corrected chi connectivity index (χ1v) is 7.73. The monoisotopic (exact) mass is 358 g/mol. The van der Waals surface area contributed by atoms with E-state index in [1.165, 1.54) is 29.5 Å². The summed E-state index contributed by atoms with van der Waals surface area (Å²) >= 11 is 5.92. The van der Waals surface area contributed by atoms with Gasteiger partial charge in [0.1, 0.15) is 23.6 Å². The van der Waals surface area contributed by atoms with E-state index in [0.29, 0.717) is 22.5 Å². The first-order valence-electron chi connectivity index (χ1n) is 7.35. The molecule has 9 nitrogen and oxygen atoms in total. The number of pyridine rings is 1. The van der Waals surface area contributed by atoms with Gasteiger partial charge in [0.15, 0.2) is 0 Å². The number of rotatable bonds is 3. The summed E-state index contributed by atoms with van der Waals surface area (Å²) in [5, 5.41) is 6.93. The summed E-state index contributed by atoms with van der Waals surface area (Å²) < 4.78 is 2.62. The predicted octanol–water partition coefficient (Wildman–Crippen LogP) is 0.476. The average molecular weight is 359 g/mol. The van der Waals surface area contributed by atoms with Crippen LogP contribution in [0, 0.1) is 0 Å². The van der Waals surface area contributed by atoms with Crippen molar-refractivity contribution in [3.05, 3.63) is 66.8 Å². The molecule has 0 fully saturated rings. The number of halogens is 1. The highest BCUT2D eigenvalue weighted by Gasteiger charge is 2.14. The van der Waals surface area contributed by atoms with E-state index in [0.717, 1.165) is 4.68 Å². The van der Waals surface area contributed by atoms with Crippen LogP contribution in [0.25, 0.3) is 21.8 Å². The maximum Gasteiger partial charge on any atom is 0.287 e. The molecule has 0 aliphatic carbocycles. The number of fused-ring (bicyclic) bond motifs is 2. The molecular formula is C15H11ClN6O3. The fraction of sp³-hybridized carbons (Fsp3) is 0.133. The number of aryl methyl sites for hydroxylation is 2. The Morgan fingerprint density at radius 3 is 2.76 bits per heavy atom. The van der Waals surface area contributed by atoms with Crippen molar-refractivity contribution in [1.29, 1.82) is 0 Å². The van der Waals surface area contributed by atoms with Gasteiger partial charge in [-0.2, -0.15) is 5.10 Å². The molecule has 0 radical (unpaired) electrons. The molecule has 0 unspecified atom stereocenters. The van der Waals surface area contributed by atoms with Crippen LogP contribution in [0.2, 0.25) is 5.02 Å². The third-order valence-corrected chi connectivity index (χ3v) is 4.14. The number of nitrogens with one attached hydrogen (secondary N) is 2. The minimum atomic E-state index is -0.576. The topological polar surface area (TPSA) is 118 Å². The van der Waals surface area contributed by atoms with E-state index in [-0.39, 0.29) is 17.4 Å². The molecule has 25 heavy (non-hydrogen) atoms. The van der Waals surface area contributed by atoms with Crippen molar-refractivity contribution < 1.29 is 0 Å². The van der Waals surface area contributed by atoms with E-state index in [9.17, 15) is 14.4 Å². The summed E-state index contributed by atoms with van der Waals surface area (Å²) in [5.41, 5.74) is -1.32. The lowest BCUT2D eigenvalue weighted by molar-refractivity contribution is 0.481. The van der Waals surface area contributed by atoms with E-state index in [4.69, 9.17) is 11.6 Å². The van der Waals surface area contributed by atoms with Crippen LogP contribution in [0.5, 0.6) is 0 Å². The highest BCUT2D eigenvalue weighted by molar-refractivity contribution is 6.31. The van der Waals surface area contributed by atoms with Gasteiger partial charge in [0, 0.05) is 10.4 Å². The summed E-state index contributed by atoms with van der Waals surface area (Å²) in [6, 6.07) is 4.62. The Kier molecular flexibility index (Phi) is 3.50. The standard InChI is InChI=1S/C15H11ClN6O3/c16-8-1-2-9-10(5-8)19-12-11(13(9)23)15(25)22(20-14(12)24)4-3-21-7-17-6-18-21/h1-2,5-7H,3-4H2,(H,19,23)(H,20,24). The van der Waals surface area contributed by atoms with Crippen LogP contribution < -0.4 is 16.5 Å². The molecular weight excluding hydrogens is 348 g/mol. The molecule has 1 aromatic carbocycles. The van der Waals surface area contributed by atoms with E-state index in [2.05, 4.69) is 20.2 Å². The lowest BCUT2D eigenvalue weighted by Crippen LogP contribution is -2.34. The molecule has 0 spiro atoms. The van der Waals surface area contributed by atoms with Crippen LogP contribution >= 0.6 is 11.6 Å². The number of aromatic amines is 2. The Hall–Kier alpha value is -3.20. The molecule has 0 atom stereocenters. The molecule has 10 heteroatoms. The summed E-state index contributed by atoms with van der Waals surface area (Å²) in [6.45, 7) is 0.466. The number of hydrogen-bond acceptors (Lipinski definition) is 5. The zero-order valence-electron chi connectivity index (χ0n) is 12.7. The zero-order chi connectivity index (χ0) is 17.6. The molecule has 4 aromatic rings. The number of nitrogens with zero attached hydrogens (tertiary/aromatic N) is 4. The average Bonchev–Trinajstić information content (AvgIpc) is 3.10. The summed E-state index contributed by atoms with van der Waals surface area (Å²) in [7, 11) is 0. The van der Waals surface area contributed by atoms with Gasteiger partial charge in [-0.05, 0) is 18.2 Å². The van der Waals surface area contributed by atoms with Crippen molar-refractivity contribution in [1.82, 2.24) is 29.5 Å². The van der Waals surface area contributed by atoms with Gasteiger partial charge in [-0.25, -0.2) is 9.67 Å². The molecule has 0 bridgehead atoms. The van der Waals surface area contributed by atoms with Crippen molar-refractivity contribution in [3.8, 4) is 0 Å². The van der Waals surface area contributed by atoms with E-state index in [1.54, 1.807) is 6.07 Å². The second-order valence-corrected chi connectivity index (χ2v) is 5.89. The van der Waals surface area contributed by atoms with Gasteiger partial charge in [-0.15, -0.1) is 0 Å². The molecule has 0 saturated heterocycles. The number of H-pyrrole nitrogens is 2. The first kappa shape index (κ1) is 15.3. The summed E-state index contributed by atoms with van der Waals surface area (Å²) in [6.07, 6.45) is 2.86. The third kappa shape index (κ3) is 2.54. The van der Waals surface area contributed by atoms with Gasteiger partial charge < -0.3 is 4.98 Å². The number of aromatic nitrogens is 6. The molecule has 3 heterocycles. The van der Waals surface area contributed by atoms with Gasteiger partial charge in [0.05, 0.1) is 18.6 Å². The Labute approximate surface area is 143 Å². The molecule has 4 rings (SSSR count). The lowest BCUT2D eigenvalue weighted by atomic mass is 10.1. The minimum Gasteiger partial charge on any atom is -0.350 e. The fourth-order valence-corrected chi connectivity index (χ4v) is 2.88. The van der Waals surface area contributed by atoms with Crippen molar-refractivity contribution in [2.45, 2.75) is 13.1 Å². The second-order valence-electron chi connectivity index (χ2n) is 5.45. The molecule has 2 N–H and O–H groups in total. The highest BCUT2D eigenvalue weighted by atomic mass is 35.5. The second kappa shape index (κ2) is 5.71. The van der Waals surface area contributed by atoms with E-state index in [1.807, 2.05) is 0 Å². The fourth-order valence-electron chi connectivity index (χ4n) is 2.71. The third-order valence-electron chi connectivity index (χ3n) is 3.90. The van der Waals surface area contributed by atoms with Gasteiger partial charge in [-0.3, -0.25) is 24.2 Å². The van der Waals surface area contributed by atoms with E-state index < -0.39 is 16.5 Å². The Morgan fingerprint density at radius 2 is 2.00 bits per heavy atom. The molecule has 126 valence electrons. The first-order chi connectivity index (χ1) is 12.0. The summed E-state index contributed by atoms with van der Waals surface area (Å²) in [5.74, 6) is 0. The van der Waals surface area contributed by atoms with Crippen LogP contribution in [0.15, 0.2) is 45.2 Å².